The molecule has 4 rings (SSSR count). The summed E-state index contributed by atoms with van der Waals surface area (Å²) in [6, 6.07) is 23.8. The number of nitrogens with one attached hydrogen (secondary N) is 1. The van der Waals surface area contributed by atoms with Crippen molar-refractivity contribution in [3.8, 4) is 11.5 Å². The van der Waals surface area contributed by atoms with Crippen LogP contribution in [0.25, 0.3) is 11.1 Å². The van der Waals surface area contributed by atoms with Gasteiger partial charge in [0.25, 0.3) is 6.01 Å². The molecule has 0 fully saturated rings. The number of benzene rings is 3. The average molecular weight is 316 g/mol. The topological polar surface area (TPSA) is 47.3 Å². The lowest BCUT2D eigenvalue weighted by Crippen LogP contribution is -1.90. The molecule has 0 saturated carbocycles. The van der Waals surface area contributed by atoms with Crippen molar-refractivity contribution in [1.82, 2.24) is 4.98 Å². The van der Waals surface area contributed by atoms with E-state index in [0.29, 0.717) is 6.01 Å². The Hall–Kier alpha value is -3.27. The van der Waals surface area contributed by atoms with Gasteiger partial charge in [-0.2, -0.15) is 4.98 Å². The number of para-hydroxylation sites is 1. The number of anilines is 2. The van der Waals surface area contributed by atoms with Crippen LogP contribution in [-0.4, -0.2) is 4.98 Å². The summed E-state index contributed by atoms with van der Waals surface area (Å²) in [6.45, 7) is 2.03. The number of ether oxygens (including phenoxy) is 1. The Morgan fingerprint density at radius 3 is 2.42 bits per heavy atom. The molecule has 4 heteroatoms. The number of nitrogens with zero attached hydrogens (tertiary/aromatic N) is 1. The Balaban J connectivity index is 1.50. The fraction of sp³-hybridized carbons (Fsp3) is 0.0500. The zero-order valence-corrected chi connectivity index (χ0v) is 13.2. The van der Waals surface area contributed by atoms with E-state index in [4.69, 9.17) is 9.15 Å². The molecular weight excluding hydrogens is 300 g/mol. The second-order valence-corrected chi connectivity index (χ2v) is 5.55. The normalized spacial score (nSPS) is 10.7. The van der Waals surface area contributed by atoms with Crippen LogP contribution in [0.2, 0.25) is 0 Å². The third kappa shape index (κ3) is 3.08. The van der Waals surface area contributed by atoms with Crippen LogP contribution >= 0.6 is 0 Å². The van der Waals surface area contributed by atoms with E-state index in [1.165, 1.54) is 0 Å². The second kappa shape index (κ2) is 6.08. The third-order valence-corrected chi connectivity index (χ3v) is 3.63. The zero-order chi connectivity index (χ0) is 16.4. The minimum atomic E-state index is 0.479. The van der Waals surface area contributed by atoms with Crippen molar-refractivity contribution in [2.24, 2.45) is 0 Å². The maximum atomic E-state index is 5.78. The van der Waals surface area contributed by atoms with Gasteiger partial charge in [0.15, 0.2) is 5.58 Å². The molecule has 24 heavy (non-hydrogen) atoms. The van der Waals surface area contributed by atoms with E-state index >= 15 is 0 Å². The molecule has 0 aliphatic heterocycles. The molecule has 0 unspecified atom stereocenters. The van der Waals surface area contributed by atoms with Gasteiger partial charge in [-0.15, -0.1) is 0 Å². The molecule has 0 bridgehead atoms. The Labute approximate surface area is 139 Å². The molecule has 1 N–H and O–H groups in total. The number of aromatic nitrogens is 1. The standard InChI is InChI=1S/C20H16N2O2/c1-14-7-12-18-19(13-14)24-20(22-18)21-15-8-10-17(11-9-15)23-16-5-3-2-4-6-16/h2-13H,1H3,(H,21,22). The van der Waals surface area contributed by atoms with Crippen molar-refractivity contribution in [2.45, 2.75) is 6.92 Å². The molecule has 0 amide bonds. The van der Waals surface area contributed by atoms with Crippen LogP contribution in [0, 0.1) is 6.92 Å². The fourth-order valence-corrected chi connectivity index (χ4v) is 2.44. The van der Waals surface area contributed by atoms with Gasteiger partial charge in [0, 0.05) is 5.69 Å². The van der Waals surface area contributed by atoms with E-state index in [1.807, 2.05) is 79.7 Å². The minimum absolute atomic E-state index is 0.479. The molecule has 118 valence electrons. The highest BCUT2D eigenvalue weighted by Crippen LogP contribution is 2.26. The molecule has 1 heterocycles. The lowest BCUT2D eigenvalue weighted by molar-refractivity contribution is 0.483. The third-order valence-electron chi connectivity index (χ3n) is 3.63. The highest BCUT2D eigenvalue weighted by atomic mass is 16.5. The number of fused-ring (bicyclic) bond motifs is 1. The van der Waals surface area contributed by atoms with E-state index < -0.39 is 0 Å². The van der Waals surface area contributed by atoms with Crippen LogP contribution in [0.3, 0.4) is 0 Å². The van der Waals surface area contributed by atoms with E-state index in [9.17, 15) is 0 Å². The predicted octanol–water partition coefficient (Wildman–Crippen LogP) is 5.67. The van der Waals surface area contributed by atoms with Crippen LogP contribution in [0.1, 0.15) is 5.56 Å². The summed E-state index contributed by atoms with van der Waals surface area (Å²) in [4.78, 5) is 4.43. The quantitative estimate of drug-likeness (QED) is 0.527. The molecule has 0 aliphatic carbocycles. The SMILES string of the molecule is Cc1ccc2nc(Nc3ccc(Oc4ccccc4)cc3)oc2c1. The van der Waals surface area contributed by atoms with Crippen molar-refractivity contribution in [3.63, 3.8) is 0 Å². The smallest absolute Gasteiger partial charge is 0.300 e. The lowest BCUT2D eigenvalue weighted by atomic mass is 10.2. The summed E-state index contributed by atoms with van der Waals surface area (Å²) in [5.41, 5.74) is 3.65. The van der Waals surface area contributed by atoms with Gasteiger partial charge in [0.05, 0.1) is 0 Å². The summed E-state index contributed by atoms with van der Waals surface area (Å²) >= 11 is 0. The van der Waals surface area contributed by atoms with Crippen LogP contribution in [0.5, 0.6) is 11.5 Å². The first-order chi connectivity index (χ1) is 11.8. The fourth-order valence-electron chi connectivity index (χ4n) is 2.44. The molecule has 0 radical (unpaired) electrons. The Morgan fingerprint density at radius 2 is 1.62 bits per heavy atom. The van der Waals surface area contributed by atoms with Crippen molar-refractivity contribution in [3.05, 3.63) is 78.4 Å². The van der Waals surface area contributed by atoms with Gasteiger partial charge in [0.1, 0.15) is 17.0 Å². The van der Waals surface area contributed by atoms with Gasteiger partial charge in [-0.3, -0.25) is 0 Å². The predicted molar refractivity (Wildman–Crippen MR) is 95.0 cm³/mol. The Bertz CT molecular complexity index is 960. The number of hydrogen-bond acceptors (Lipinski definition) is 4. The number of aryl methyl sites for hydroxylation is 1. The van der Waals surface area contributed by atoms with E-state index in [2.05, 4.69) is 10.3 Å². The van der Waals surface area contributed by atoms with Crippen molar-refractivity contribution in [1.29, 1.82) is 0 Å². The van der Waals surface area contributed by atoms with E-state index in [1.54, 1.807) is 0 Å². The number of oxazole rings is 1. The molecule has 0 aliphatic rings. The first-order valence-electron chi connectivity index (χ1n) is 7.73. The largest absolute Gasteiger partial charge is 0.457 e. The molecule has 4 aromatic rings. The number of hydrogen-bond donors (Lipinski definition) is 1. The highest BCUT2D eigenvalue weighted by molar-refractivity contribution is 5.76. The summed E-state index contributed by atoms with van der Waals surface area (Å²) in [5, 5.41) is 3.17. The maximum absolute atomic E-state index is 5.78. The van der Waals surface area contributed by atoms with Crippen molar-refractivity contribution in [2.75, 3.05) is 5.32 Å². The van der Waals surface area contributed by atoms with Crippen molar-refractivity contribution < 1.29 is 9.15 Å². The zero-order valence-electron chi connectivity index (χ0n) is 13.2. The van der Waals surface area contributed by atoms with Crippen LogP contribution in [-0.2, 0) is 0 Å². The lowest BCUT2D eigenvalue weighted by Gasteiger charge is -2.06. The highest BCUT2D eigenvalue weighted by Gasteiger charge is 2.06. The molecule has 4 nitrogen and oxygen atoms in total. The minimum Gasteiger partial charge on any atom is -0.457 e. The first-order valence-corrected chi connectivity index (χ1v) is 7.73. The first kappa shape index (κ1) is 14.3. The summed E-state index contributed by atoms with van der Waals surface area (Å²) < 4.78 is 11.5. The van der Waals surface area contributed by atoms with E-state index in [0.717, 1.165) is 33.8 Å². The van der Waals surface area contributed by atoms with Gasteiger partial charge in [0.2, 0.25) is 0 Å². The van der Waals surface area contributed by atoms with Crippen LogP contribution in [0.15, 0.2) is 77.2 Å². The maximum Gasteiger partial charge on any atom is 0.300 e. The van der Waals surface area contributed by atoms with Gasteiger partial charge < -0.3 is 14.5 Å². The summed E-state index contributed by atoms with van der Waals surface area (Å²) in [6.07, 6.45) is 0. The molecule has 3 aromatic carbocycles. The molecule has 1 aromatic heterocycles. The van der Waals surface area contributed by atoms with Gasteiger partial charge in [-0.1, -0.05) is 24.3 Å². The Kier molecular flexibility index (Phi) is 3.63. The van der Waals surface area contributed by atoms with Crippen LogP contribution in [0.4, 0.5) is 11.7 Å². The molecule has 0 spiro atoms. The Morgan fingerprint density at radius 1 is 0.875 bits per heavy atom. The van der Waals surface area contributed by atoms with Gasteiger partial charge in [-0.05, 0) is 61.0 Å². The van der Waals surface area contributed by atoms with E-state index in [-0.39, 0.29) is 0 Å². The van der Waals surface area contributed by atoms with Gasteiger partial charge in [-0.25, -0.2) is 0 Å². The van der Waals surface area contributed by atoms with Gasteiger partial charge >= 0.3 is 0 Å². The summed E-state index contributed by atoms with van der Waals surface area (Å²) in [5.74, 6) is 1.59. The van der Waals surface area contributed by atoms with Crippen LogP contribution < -0.4 is 10.1 Å². The number of rotatable bonds is 4. The molecular formula is C20H16N2O2. The van der Waals surface area contributed by atoms with Crippen molar-refractivity contribution >= 4 is 22.8 Å². The second-order valence-electron chi connectivity index (χ2n) is 5.55. The summed E-state index contributed by atoms with van der Waals surface area (Å²) in [7, 11) is 0. The molecule has 0 atom stereocenters. The molecule has 0 saturated heterocycles. The monoisotopic (exact) mass is 316 g/mol. The average Bonchev–Trinajstić information content (AvgIpc) is 2.99.